The van der Waals surface area contributed by atoms with Gasteiger partial charge in [-0.3, -0.25) is 9.59 Å². The summed E-state index contributed by atoms with van der Waals surface area (Å²) < 4.78 is 5.04. The third kappa shape index (κ3) is 4.77. The summed E-state index contributed by atoms with van der Waals surface area (Å²) in [4.78, 5) is 25.1. The number of furan rings is 1. The first-order valence-corrected chi connectivity index (χ1v) is 9.03. The lowest BCUT2D eigenvalue weighted by atomic mass is 10.2. The third-order valence-corrected chi connectivity index (χ3v) is 4.80. The fourth-order valence-corrected chi connectivity index (χ4v) is 3.13. The number of rotatable bonds is 6. The van der Waals surface area contributed by atoms with E-state index in [0.29, 0.717) is 17.1 Å². The van der Waals surface area contributed by atoms with Gasteiger partial charge in [0.05, 0.1) is 12.0 Å². The average Bonchev–Trinajstić information content (AvgIpc) is 3.17. The van der Waals surface area contributed by atoms with Crippen LogP contribution < -0.4 is 10.6 Å². The molecule has 0 aliphatic rings. The number of thioether (sulfide) groups is 1. The molecule has 0 aliphatic heterocycles. The molecule has 2 amide bonds. The fourth-order valence-electron chi connectivity index (χ4n) is 2.30. The summed E-state index contributed by atoms with van der Waals surface area (Å²) in [5.74, 6) is 0.185. The Kier molecular flexibility index (Phi) is 5.76. The average molecular weight is 366 g/mol. The molecular formula is C20H18N2O3S. The molecule has 2 aromatic carbocycles. The second-order valence-corrected chi connectivity index (χ2v) is 6.63. The standard InChI is InChI=1S/C20H18N2O3S/c1-14-5-2-3-7-18(14)26-13-19(23)21-15-8-10-16(11-9-15)22-20(24)17-6-4-12-25-17/h2-12H,13H2,1H3,(H,21,23)(H,22,24). The Hall–Kier alpha value is -2.99. The Morgan fingerprint density at radius 1 is 0.923 bits per heavy atom. The monoisotopic (exact) mass is 366 g/mol. The largest absolute Gasteiger partial charge is 0.459 e. The molecule has 0 bridgehead atoms. The Morgan fingerprint density at radius 2 is 1.62 bits per heavy atom. The first-order valence-electron chi connectivity index (χ1n) is 8.05. The summed E-state index contributed by atoms with van der Waals surface area (Å²) in [6.07, 6.45) is 1.45. The van der Waals surface area contributed by atoms with Crippen LogP contribution in [0.15, 0.2) is 76.2 Å². The predicted octanol–water partition coefficient (Wildman–Crippen LogP) is 4.57. The molecule has 0 spiro atoms. The van der Waals surface area contributed by atoms with Crippen molar-refractivity contribution in [2.24, 2.45) is 0 Å². The molecule has 6 heteroatoms. The normalized spacial score (nSPS) is 10.3. The quantitative estimate of drug-likeness (QED) is 0.627. The zero-order valence-electron chi connectivity index (χ0n) is 14.2. The molecule has 3 aromatic rings. The van der Waals surface area contributed by atoms with Crippen molar-refractivity contribution in [3.63, 3.8) is 0 Å². The molecule has 132 valence electrons. The summed E-state index contributed by atoms with van der Waals surface area (Å²) in [7, 11) is 0. The number of carbonyl (C=O) groups is 2. The topological polar surface area (TPSA) is 71.3 Å². The minimum Gasteiger partial charge on any atom is -0.459 e. The van der Waals surface area contributed by atoms with E-state index >= 15 is 0 Å². The van der Waals surface area contributed by atoms with Crippen molar-refractivity contribution in [3.05, 3.63) is 78.3 Å². The molecule has 0 radical (unpaired) electrons. The lowest BCUT2D eigenvalue weighted by Gasteiger charge is -2.08. The Morgan fingerprint density at radius 3 is 2.27 bits per heavy atom. The summed E-state index contributed by atoms with van der Waals surface area (Å²) in [6.45, 7) is 2.02. The number of aryl methyl sites for hydroxylation is 1. The maximum atomic E-state index is 12.1. The van der Waals surface area contributed by atoms with Gasteiger partial charge in [0.1, 0.15) is 0 Å². The number of nitrogens with one attached hydrogen (secondary N) is 2. The summed E-state index contributed by atoms with van der Waals surface area (Å²) >= 11 is 1.50. The number of benzene rings is 2. The molecule has 0 saturated heterocycles. The van der Waals surface area contributed by atoms with E-state index in [2.05, 4.69) is 10.6 Å². The van der Waals surface area contributed by atoms with Gasteiger partial charge in [0.25, 0.3) is 5.91 Å². The number of hydrogen-bond acceptors (Lipinski definition) is 4. The molecule has 3 rings (SSSR count). The van der Waals surface area contributed by atoms with Crippen LogP contribution in [-0.4, -0.2) is 17.6 Å². The van der Waals surface area contributed by atoms with E-state index in [-0.39, 0.29) is 17.6 Å². The number of hydrogen-bond donors (Lipinski definition) is 2. The molecule has 0 atom stereocenters. The minimum atomic E-state index is -0.318. The molecule has 0 saturated carbocycles. The second-order valence-electron chi connectivity index (χ2n) is 5.61. The van der Waals surface area contributed by atoms with Crippen molar-refractivity contribution in [2.75, 3.05) is 16.4 Å². The van der Waals surface area contributed by atoms with E-state index in [1.54, 1.807) is 36.4 Å². The van der Waals surface area contributed by atoms with Crippen molar-refractivity contribution in [3.8, 4) is 0 Å². The smallest absolute Gasteiger partial charge is 0.291 e. The zero-order chi connectivity index (χ0) is 18.4. The molecule has 2 N–H and O–H groups in total. The van der Waals surface area contributed by atoms with Crippen LogP contribution in [0, 0.1) is 6.92 Å². The highest BCUT2D eigenvalue weighted by atomic mass is 32.2. The Bertz CT molecular complexity index is 890. The first kappa shape index (κ1) is 17.8. The van der Waals surface area contributed by atoms with Gasteiger partial charge >= 0.3 is 0 Å². The van der Waals surface area contributed by atoms with Gasteiger partial charge in [0, 0.05) is 16.3 Å². The SMILES string of the molecule is Cc1ccccc1SCC(=O)Nc1ccc(NC(=O)c2ccco2)cc1. The molecule has 26 heavy (non-hydrogen) atoms. The molecule has 0 fully saturated rings. The van der Waals surface area contributed by atoms with Crippen molar-refractivity contribution in [1.29, 1.82) is 0 Å². The van der Waals surface area contributed by atoms with Crippen molar-refractivity contribution < 1.29 is 14.0 Å². The van der Waals surface area contributed by atoms with E-state index < -0.39 is 0 Å². The summed E-state index contributed by atoms with van der Waals surface area (Å²) in [6, 6.07) is 18.2. The van der Waals surface area contributed by atoms with E-state index in [9.17, 15) is 9.59 Å². The maximum absolute atomic E-state index is 12.1. The van der Waals surface area contributed by atoms with Crippen molar-refractivity contribution >= 4 is 35.0 Å². The summed E-state index contributed by atoms with van der Waals surface area (Å²) in [5.41, 5.74) is 2.46. The number of amides is 2. The lowest BCUT2D eigenvalue weighted by Crippen LogP contribution is -2.14. The minimum absolute atomic E-state index is 0.0781. The van der Waals surface area contributed by atoms with Crippen LogP contribution >= 0.6 is 11.8 Å². The van der Waals surface area contributed by atoms with Gasteiger partial charge in [0.2, 0.25) is 5.91 Å². The third-order valence-electron chi connectivity index (χ3n) is 3.62. The van der Waals surface area contributed by atoms with Crippen LogP contribution in [0.4, 0.5) is 11.4 Å². The summed E-state index contributed by atoms with van der Waals surface area (Å²) in [5, 5.41) is 5.58. The molecular weight excluding hydrogens is 348 g/mol. The van der Waals surface area contributed by atoms with E-state index in [1.807, 2.05) is 31.2 Å². The van der Waals surface area contributed by atoms with Crippen LogP contribution in [0.3, 0.4) is 0 Å². The van der Waals surface area contributed by atoms with Crippen LogP contribution in [0.1, 0.15) is 16.1 Å². The molecule has 1 aromatic heterocycles. The maximum Gasteiger partial charge on any atom is 0.291 e. The molecule has 0 unspecified atom stereocenters. The Labute approximate surface area is 155 Å². The highest BCUT2D eigenvalue weighted by Crippen LogP contribution is 2.22. The van der Waals surface area contributed by atoms with Gasteiger partial charge in [-0.05, 0) is 55.0 Å². The van der Waals surface area contributed by atoms with Crippen LogP contribution in [-0.2, 0) is 4.79 Å². The van der Waals surface area contributed by atoms with Gasteiger partial charge in [-0.2, -0.15) is 0 Å². The molecule has 0 aliphatic carbocycles. The second kappa shape index (κ2) is 8.40. The molecule has 5 nitrogen and oxygen atoms in total. The predicted molar refractivity (Wildman–Crippen MR) is 104 cm³/mol. The van der Waals surface area contributed by atoms with E-state index in [0.717, 1.165) is 10.5 Å². The van der Waals surface area contributed by atoms with Crippen molar-refractivity contribution in [2.45, 2.75) is 11.8 Å². The lowest BCUT2D eigenvalue weighted by molar-refractivity contribution is -0.113. The number of carbonyl (C=O) groups excluding carboxylic acids is 2. The van der Waals surface area contributed by atoms with Gasteiger partial charge in [0.15, 0.2) is 5.76 Å². The van der Waals surface area contributed by atoms with E-state index in [1.165, 1.54) is 18.0 Å². The van der Waals surface area contributed by atoms with Crippen LogP contribution in [0.25, 0.3) is 0 Å². The van der Waals surface area contributed by atoms with Crippen LogP contribution in [0.2, 0.25) is 0 Å². The fraction of sp³-hybridized carbons (Fsp3) is 0.100. The Balaban J connectivity index is 1.51. The highest BCUT2D eigenvalue weighted by molar-refractivity contribution is 8.00. The van der Waals surface area contributed by atoms with Gasteiger partial charge in [-0.15, -0.1) is 11.8 Å². The highest BCUT2D eigenvalue weighted by Gasteiger charge is 2.09. The van der Waals surface area contributed by atoms with Gasteiger partial charge in [-0.25, -0.2) is 0 Å². The van der Waals surface area contributed by atoms with Crippen molar-refractivity contribution in [1.82, 2.24) is 0 Å². The molecule has 1 heterocycles. The number of anilines is 2. The zero-order valence-corrected chi connectivity index (χ0v) is 15.0. The van der Waals surface area contributed by atoms with Gasteiger partial charge in [-0.1, -0.05) is 18.2 Å². The van der Waals surface area contributed by atoms with Gasteiger partial charge < -0.3 is 15.1 Å². The van der Waals surface area contributed by atoms with Crippen LogP contribution in [0.5, 0.6) is 0 Å². The first-order chi connectivity index (χ1) is 12.6. The van der Waals surface area contributed by atoms with E-state index in [4.69, 9.17) is 4.42 Å².